The van der Waals surface area contributed by atoms with Crippen LogP contribution in [0.5, 0.6) is 0 Å². The standard InChI is InChI=1S/C21H26O/c1-3-5-14-20(22)21(15-4-2)18-12-8-6-10-16(18)17-11-7-9-13-19(17)21/h6-13,20,22H,3-5,14-15H2,1-2H3. The van der Waals surface area contributed by atoms with Crippen LogP contribution in [-0.4, -0.2) is 11.2 Å². The Bertz CT molecular complexity index is 598. The van der Waals surface area contributed by atoms with Crippen LogP contribution in [0.4, 0.5) is 0 Å². The molecule has 0 amide bonds. The van der Waals surface area contributed by atoms with Crippen LogP contribution >= 0.6 is 0 Å². The SMILES string of the molecule is CCCCC(O)C1(CCC)c2ccccc2-c2ccccc21. The first kappa shape index (κ1) is 15.3. The number of unbranched alkanes of at least 4 members (excludes halogenated alkanes) is 1. The van der Waals surface area contributed by atoms with Gasteiger partial charge < -0.3 is 5.11 Å². The topological polar surface area (TPSA) is 20.2 Å². The average molecular weight is 294 g/mol. The number of aliphatic hydroxyl groups is 1. The first-order chi connectivity index (χ1) is 10.8. The van der Waals surface area contributed by atoms with Crippen molar-refractivity contribution in [2.45, 2.75) is 57.5 Å². The van der Waals surface area contributed by atoms with Gasteiger partial charge in [0.1, 0.15) is 0 Å². The van der Waals surface area contributed by atoms with Crippen molar-refractivity contribution in [3.63, 3.8) is 0 Å². The van der Waals surface area contributed by atoms with Crippen molar-refractivity contribution >= 4 is 0 Å². The van der Waals surface area contributed by atoms with Crippen molar-refractivity contribution in [1.29, 1.82) is 0 Å². The molecule has 2 aromatic rings. The summed E-state index contributed by atoms with van der Waals surface area (Å²) < 4.78 is 0. The molecule has 0 aromatic heterocycles. The average Bonchev–Trinajstić information content (AvgIpc) is 2.85. The van der Waals surface area contributed by atoms with Gasteiger partial charge in [0.2, 0.25) is 0 Å². The van der Waals surface area contributed by atoms with Gasteiger partial charge in [0, 0.05) is 5.41 Å². The second-order valence-electron chi connectivity index (χ2n) is 6.47. The zero-order chi connectivity index (χ0) is 15.6. The maximum absolute atomic E-state index is 11.2. The van der Waals surface area contributed by atoms with Gasteiger partial charge in [-0.2, -0.15) is 0 Å². The third-order valence-corrected chi connectivity index (χ3v) is 5.15. The van der Waals surface area contributed by atoms with Crippen molar-refractivity contribution in [2.75, 3.05) is 0 Å². The smallest absolute Gasteiger partial charge is 0.0677 e. The molecule has 0 radical (unpaired) electrons. The molecule has 1 atom stereocenters. The highest BCUT2D eigenvalue weighted by Gasteiger charge is 2.46. The minimum Gasteiger partial charge on any atom is -0.392 e. The van der Waals surface area contributed by atoms with Gasteiger partial charge in [-0.15, -0.1) is 0 Å². The molecule has 0 saturated heterocycles. The van der Waals surface area contributed by atoms with E-state index in [9.17, 15) is 5.11 Å². The molecule has 0 aliphatic heterocycles. The number of hydrogen-bond acceptors (Lipinski definition) is 1. The lowest BCUT2D eigenvalue weighted by molar-refractivity contribution is 0.0873. The quantitative estimate of drug-likeness (QED) is 0.766. The summed E-state index contributed by atoms with van der Waals surface area (Å²) in [7, 11) is 0. The number of aliphatic hydroxyl groups excluding tert-OH is 1. The van der Waals surface area contributed by atoms with Crippen molar-refractivity contribution in [3.05, 3.63) is 59.7 Å². The van der Waals surface area contributed by atoms with E-state index in [1.165, 1.54) is 22.3 Å². The van der Waals surface area contributed by atoms with Crippen LogP contribution in [0, 0.1) is 0 Å². The summed E-state index contributed by atoms with van der Waals surface area (Å²) in [4.78, 5) is 0. The van der Waals surface area contributed by atoms with Gasteiger partial charge in [-0.25, -0.2) is 0 Å². The highest BCUT2D eigenvalue weighted by Crippen LogP contribution is 2.53. The van der Waals surface area contributed by atoms with Gasteiger partial charge in [-0.3, -0.25) is 0 Å². The molecule has 3 rings (SSSR count). The molecule has 116 valence electrons. The van der Waals surface area contributed by atoms with Crippen LogP contribution in [0.2, 0.25) is 0 Å². The first-order valence-corrected chi connectivity index (χ1v) is 8.63. The molecule has 0 fully saturated rings. The van der Waals surface area contributed by atoms with Gasteiger partial charge in [0.15, 0.2) is 0 Å². The highest BCUT2D eigenvalue weighted by molar-refractivity contribution is 5.81. The van der Waals surface area contributed by atoms with E-state index in [0.717, 1.165) is 32.1 Å². The van der Waals surface area contributed by atoms with Crippen molar-refractivity contribution in [1.82, 2.24) is 0 Å². The number of rotatable bonds is 6. The summed E-state index contributed by atoms with van der Waals surface area (Å²) in [6.07, 6.45) is 4.85. The Kier molecular flexibility index (Phi) is 4.35. The van der Waals surface area contributed by atoms with Gasteiger partial charge >= 0.3 is 0 Å². The lowest BCUT2D eigenvalue weighted by Crippen LogP contribution is -2.39. The molecular formula is C21H26O. The molecule has 0 bridgehead atoms. The Morgan fingerprint density at radius 3 is 1.91 bits per heavy atom. The van der Waals surface area contributed by atoms with E-state index in [1.807, 2.05) is 0 Å². The minimum atomic E-state index is -0.308. The summed E-state index contributed by atoms with van der Waals surface area (Å²) in [5, 5.41) is 11.2. The second-order valence-corrected chi connectivity index (χ2v) is 6.47. The number of benzene rings is 2. The molecule has 0 saturated carbocycles. The second kappa shape index (κ2) is 6.26. The predicted molar refractivity (Wildman–Crippen MR) is 93.1 cm³/mol. The zero-order valence-electron chi connectivity index (χ0n) is 13.7. The van der Waals surface area contributed by atoms with Crippen molar-refractivity contribution in [2.24, 2.45) is 0 Å². The summed E-state index contributed by atoms with van der Waals surface area (Å²) in [6, 6.07) is 17.3. The van der Waals surface area contributed by atoms with E-state index in [4.69, 9.17) is 0 Å². The Hall–Kier alpha value is -1.60. The van der Waals surface area contributed by atoms with E-state index in [2.05, 4.69) is 62.4 Å². The van der Waals surface area contributed by atoms with Gasteiger partial charge in [0.05, 0.1) is 6.10 Å². The fourth-order valence-electron chi connectivity index (χ4n) is 4.19. The van der Waals surface area contributed by atoms with Crippen molar-refractivity contribution in [3.8, 4) is 11.1 Å². The minimum absolute atomic E-state index is 0.225. The maximum atomic E-state index is 11.2. The summed E-state index contributed by atoms with van der Waals surface area (Å²) >= 11 is 0. The molecule has 1 heteroatoms. The third-order valence-electron chi connectivity index (χ3n) is 5.15. The molecule has 1 aliphatic carbocycles. The van der Waals surface area contributed by atoms with Crippen LogP contribution in [0.25, 0.3) is 11.1 Å². The molecular weight excluding hydrogens is 268 g/mol. The Morgan fingerprint density at radius 1 is 0.864 bits per heavy atom. The lowest BCUT2D eigenvalue weighted by Gasteiger charge is -2.37. The molecule has 1 N–H and O–H groups in total. The predicted octanol–water partition coefficient (Wildman–Crippen LogP) is 5.30. The van der Waals surface area contributed by atoms with Gasteiger partial charge in [-0.05, 0) is 35.1 Å². The Balaban J connectivity index is 2.20. The molecule has 0 heterocycles. The van der Waals surface area contributed by atoms with Crippen molar-refractivity contribution < 1.29 is 5.11 Å². The zero-order valence-corrected chi connectivity index (χ0v) is 13.7. The van der Waals surface area contributed by atoms with E-state index in [1.54, 1.807) is 0 Å². The summed E-state index contributed by atoms with van der Waals surface area (Å²) in [6.45, 7) is 4.41. The van der Waals surface area contributed by atoms with E-state index >= 15 is 0 Å². The summed E-state index contributed by atoms with van der Waals surface area (Å²) in [5.74, 6) is 0. The Morgan fingerprint density at radius 2 is 1.41 bits per heavy atom. The molecule has 22 heavy (non-hydrogen) atoms. The molecule has 0 spiro atoms. The van der Waals surface area contributed by atoms with Gasteiger partial charge in [-0.1, -0.05) is 81.6 Å². The largest absolute Gasteiger partial charge is 0.392 e. The van der Waals surface area contributed by atoms with E-state index < -0.39 is 0 Å². The monoisotopic (exact) mass is 294 g/mol. The van der Waals surface area contributed by atoms with Crippen LogP contribution in [0.15, 0.2) is 48.5 Å². The molecule has 1 nitrogen and oxygen atoms in total. The van der Waals surface area contributed by atoms with Crippen LogP contribution in [0.1, 0.15) is 57.1 Å². The molecule has 1 aliphatic rings. The van der Waals surface area contributed by atoms with Crippen LogP contribution in [-0.2, 0) is 5.41 Å². The summed E-state index contributed by atoms with van der Waals surface area (Å²) in [5.41, 5.74) is 5.03. The number of fused-ring (bicyclic) bond motifs is 3. The lowest BCUT2D eigenvalue weighted by atomic mass is 9.69. The normalized spacial score (nSPS) is 16.1. The van der Waals surface area contributed by atoms with E-state index in [0.29, 0.717) is 0 Å². The highest BCUT2D eigenvalue weighted by atomic mass is 16.3. The van der Waals surface area contributed by atoms with Gasteiger partial charge in [0.25, 0.3) is 0 Å². The Labute approximate surface area is 134 Å². The molecule has 1 unspecified atom stereocenters. The first-order valence-electron chi connectivity index (χ1n) is 8.63. The molecule has 2 aromatic carbocycles. The van der Waals surface area contributed by atoms with Crippen LogP contribution < -0.4 is 0 Å². The number of hydrogen-bond donors (Lipinski definition) is 1. The van der Waals surface area contributed by atoms with Crippen LogP contribution in [0.3, 0.4) is 0 Å². The fourth-order valence-corrected chi connectivity index (χ4v) is 4.19. The maximum Gasteiger partial charge on any atom is 0.0677 e. The fraction of sp³-hybridized carbons (Fsp3) is 0.429. The third kappa shape index (κ3) is 2.19. The van der Waals surface area contributed by atoms with E-state index in [-0.39, 0.29) is 11.5 Å².